The van der Waals surface area contributed by atoms with Gasteiger partial charge in [-0.2, -0.15) is 5.10 Å². The lowest BCUT2D eigenvalue weighted by Gasteiger charge is -2.14. The van der Waals surface area contributed by atoms with Gasteiger partial charge < -0.3 is 11.1 Å². The molecule has 6 heteroatoms. The molecule has 88 valence electrons. The summed E-state index contributed by atoms with van der Waals surface area (Å²) in [5, 5.41) is 7.99. The van der Waals surface area contributed by atoms with Gasteiger partial charge in [0.1, 0.15) is 6.04 Å². The Morgan fingerprint density at radius 3 is 2.94 bits per heavy atom. The molecule has 1 heterocycles. The summed E-state index contributed by atoms with van der Waals surface area (Å²) in [5.74, 6) is -0.351. The molecule has 0 bridgehead atoms. The van der Waals surface area contributed by atoms with Crippen molar-refractivity contribution in [3.63, 3.8) is 0 Å². The summed E-state index contributed by atoms with van der Waals surface area (Å²) in [6, 6.07) is 0.0625. The molecule has 1 aliphatic rings. The first-order valence-corrected chi connectivity index (χ1v) is 5.69. The van der Waals surface area contributed by atoms with E-state index in [1.807, 2.05) is 6.92 Å². The predicted molar refractivity (Wildman–Crippen MR) is 61.1 cm³/mol. The highest BCUT2D eigenvalue weighted by molar-refractivity contribution is 6.31. The topological polar surface area (TPSA) is 72.9 Å². The fourth-order valence-corrected chi connectivity index (χ4v) is 1.68. The molecule has 1 unspecified atom stereocenters. The number of aryl methyl sites for hydroxylation is 1. The Morgan fingerprint density at radius 1 is 1.81 bits per heavy atom. The summed E-state index contributed by atoms with van der Waals surface area (Å²) in [7, 11) is 0. The highest BCUT2D eigenvalue weighted by Gasteiger charge is 2.27. The summed E-state index contributed by atoms with van der Waals surface area (Å²) in [6.45, 7) is 2.26. The summed E-state index contributed by atoms with van der Waals surface area (Å²) in [5.41, 5.74) is 6.09. The van der Waals surface area contributed by atoms with E-state index in [2.05, 4.69) is 10.4 Å². The molecule has 0 saturated heterocycles. The van der Waals surface area contributed by atoms with E-state index < -0.39 is 0 Å². The molecule has 0 aliphatic heterocycles. The molecule has 0 spiro atoms. The number of hydrogen-bond acceptors (Lipinski definition) is 3. The normalized spacial score (nSPS) is 17.4. The summed E-state index contributed by atoms with van der Waals surface area (Å²) in [4.78, 5) is 11.2. The van der Waals surface area contributed by atoms with Crippen molar-refractivity contribution in [1.82, 2.24) is 15.1 Å². The van der Waals surface area contributed by atoms with Crippen LogP contribution in [0.25, 0.3) is 0 Å². The molecular formula is C10H15ClN4O. The highest BCUT2D eigenvalue weighted by Crippen LogP contribution is 2.20. The Hall–Kier alpha value is -1.07. The lowest BCUT2D eigenvalue weighted by atomic mass is 10.2. The van der Waals surface area contributed by atoms with Crippen LogP contribution in [0.4, 0.5) is 0 Å². The third kappa shape index (κ3) is 2.74. The van der Waals surface area contributed by atoms with Gasteiger partial charge in [0, 0.05) is 12.2 Å². The van der Waals surface area contributed by atoms with E-state index in [9.17, 15) is 4.79 Å². The third-order valence-electron chi connectivity index (χ3n) is 2.61. The molecule has 1 amide bonds. The molecule has 1 saturated carbocycles. The van der Waals surface area contributed by atoms with Crippen LogP contribution in [0.3, 0.4) is 0 Å². The number of carbonyl (C=O) groups excluding carboxylic acids is 1. The highest BCUT2D eigenvalue weighted by atomic mass is 35.5. The Balaban J connectivity index is 2.01. The Kier molecular flexibility index (Phi) is 3.16. The van der Waals surface area contributed by atoms with Gasteiger partial charge in [0.05, 0.1) is 17.3 Å². The molecule has 0 radical (unpaired) electrons. The molecule has 3 N–H and O–H groups in total. The van der Waals surface area contributed by atoms with Gasteiger partial charge in [-0.3, -0.25) is 9.48 Å². The van der Waals surface area contributed by atoms with Crippen LogP contribution in [-0.4, -0.2) is 27.8 Å². The van der Waals surface area contributed by atoms with Crippen molar-refractivity contribution in [2.24, 2.45) is 5.73 Å². The van der Waals surface area contributed by atoms with Gasteiger partial charge in [-0.05, 0) is 19.8 Å². The molecule has 1 fully saturated rings. The van der Waals surface area contributed by atoms with Crippen molar-refractivity contribution in [2.75, 3.05) is 0 Å². The van der Waals surface area contributed by atoms with Crippen LogP contribution < -0.4 is 11.1 Å². The zero-order valence-electron chi connectivity index (χ0n) is 9.11. The second-order valence-electron chi connectivity index (χ2n) is 4.18. The van der Waals surface area contributed by atoms with Gasteiger partial charge in [-0.1, -0.05) is 11.6 Å². The van der Waals surface area contributed by atoms with Crippen LogP contribution >= 0.6 is 11.6 Å². The zero-order valence-corrected chi connectivity index (χ0v) is 9.87. The Labute approximate surface area is 98.9 Å². The van der Waals surface area contributed by atoms with E-state index in [0.717, 1.165) is 18.5 Å². The second-order valence-corrected chi connectivity index (χ2v) is 4.59. The van der Waals surface area contributed by atoms with Crippen LogP contribution in [0, 0.1) is 6.92 Å². The van der Waals surface area contributed by atoms with Crippen molar-refractivity contribution >= 4 is 17.5 Å². The number of amides is 1. The van der Waals surface area contributed by atoms with Crippen molar-refractivity contribution < 1.29 is 4.79 Å². The number of primary amides is 1. The fourth-order valence-electron chi connectivity index (χ4n) is 1.53. The van der Waals surface area contributed by atoms with E-state index in [1.54, 1.807) is 10.9 Å². The number of nitrogens with two attached hydrogens (primary N) is 1. The van der Waals surface area contributed by atoms with Crippen LogP contribution in [0.15, 0.2) is 6.20 Å². The first kappa shape index (κ1) is 11.4. The number of rotatable bonds is 5. The molecule has 1 aromatic rings. The van der Waals surface area contributed by atoms with Crippen LogP contribution in [0.5, 0.6) is 0 Å². The van der Waals surface area contributed by atoms with Gasteiger partial charge in [0.15, 0.2) is 0 Å². The van der Waals surface area contributed by atoms with Crippen LogP contribution in [0.2, 0.25) is 5.02 Å². The molecule has 5 nitrogen and oxygen atoms in total. The monoisotopic (exact) mass is 242 g/mol. The molecule has 16 heavy (non-hydrogen) atoms. The first-order valence-electron chi connectivity index (χ1n) is 5.31. The molecular weight excluding hydrogens is 228 g/mol. The van der Waals surface area contributed by atoms with Gasteiger partial charge in [0.2, 0.25) is 5.91 Å². The SMILES string of the molecule is Cc1nn(CC(NC2CC2)C(N)=O)cc1Cl. The lowest BCUT2D eigenvalue weighted by Crippen LogP contribution is -2.45. The maximum Gasteiger partial charge on any atom is 0.236 e. The average Bonchev–Trinajstić information content (AvgIpc) is 2.94. The molecule has 0 aromatic carbocycles. The number of carbonyl (C=O) groups is 1. The molecule has 1 aliphatic carbocycles. The zero-order chi connectivity index (χ0) is 11.7. The quantitative estimate of drug-likeness (QED) is 0.788. The minimum atomic E-state index is -0.372. The van der Waals surface area contributed by atoms with E-state index >= 15 is 0 Å². The number of halogens is 1. The minimum Gasteiger partial charge on any atom is -0.368 e. The summed E-state index contributed by atoms with van der Waals surface area (Å²) >= 11 is 5.89. The minimum absolute atomic E-state index is 0.351. The lowest BCUT2D eigenvalue weighted by molar-refractivity contribution is -0.120. The third-order valence-corrected chi connectivity index (χ3v) is 2.98. The Morgan fingerprint density at radius 2 is 2.50 bits per heavy atom. The summed E-state index contributed by atoms with van der Waals surface area (Å²) in [6.07, 6.45) is 3.94. The van der Waals surface area contributed by atoms with E-state index in [1.165, 1.54) is 0 Å². The average molecular weight is 243 g/mol. The maximum absolute atomic E-state index is 11.2. The standard InChI is InChI=1S/C10H15ClN4O/c1-6-8(11)4-15(14-6)5-9(10(12)16)13-7-2-3-7/h4,7,9,13H,2-3,5H2,1H3,(H2,12,16). The molecule has 1 atom stereocenters. The van der Waals surface area contributed by atoms with Gasteiger partial charge in [0.25, 0.3) is 0 Å². The molecule has 1 aromatic heterocycles. The number of nitrogens with zero attached hydrogens (tertiary/aromatic N) is 2. The second kappa shape index (κ2) is 4.43. The number of nitrogens with one attached hydrogen (secondary N) is 1. The van der Waals surface area contributed by atoms with Crippen molar-refractivity contribution in [1.29, 1.82) is 0 Å². The van der Waals surface area contributed by atoms with Crippen molar-refractivity contribution in [3.8, 4) is 0 Å². The van der Waals surface area contributed by atoms with Gasteiger partial charge in [-0.25, -0.2) is 0 Å². The van der Waals surface area contributed by atoms with Crippen molar-refractivity contribution in [2.45, 2.75) is 38.4 Å². The smallest absolute Gasteiger partial charge is 0.236 e. The summed E-state index contributed by atoms with van der Waals surface area (Å²) < 4.78 is 1.66. The molecule has 2 rings (SSSR count). The largest absolute Gasteiger partial charge is 0.368 e. The predicted octanol–water partition coefficient (Wildman–Crippen LogP) is 0.451. The van der Waals surface area contributed by atoms with Crippen LogP contribution in [0.1, 0.15) is 18.5 Å². The van der Waals surface area contributed by atoms with E-state index in [0.29, 0.717) is 17.6 Å². The van der Waals surface area contributed by atoms with Crippen molar-refractivity contribution in [3.05, 3.63) is 16.9 Å². The van der Waals surface area contributed by atoms with Gasteiger partial charge in [-0.15, -0.1) is 0 Å². The van der Waals surface area contributed by atoms with Gasteiger partial charge >= 0.3 is 0 Å². The first-order chi connectivity index (χ1) is 7.56. The maximum atomic E-state index is 11.2. The number of aromatic nitrogens is 2. The fraction of sp³-hybridized carbons (Fsp3) is 0.600. The van der Waals surface area contributed by atoms with Crippen LogP contribution in [-0.2, 0) is 11.3 Å². The Bertz CT molecular complexity index is 380. The van der Waals surface area contributed by atoms with E-state index in [-0.39, 0.29) is 11.9 Å². The number of hydrogen-bond donors (Lipinski definition) is 2. The van der Waals surface area contributed by atoms with E-state index in [4.69, 9.17) is 17.3 Å².